The Kier molecular flexibility index (Phi) is 5.39. The summed E-state index contributed by atoms with van der Waals surface area (Å²) in [5.74, 6) is -2.69. The SMILES string of the molecule is O=C1N(Cc2ccc(F)c(F)c2)CCC[C@]1(O)CN1CCC2(CC1)OCCO2. The van der Waals surface area contributed by atoms with E-state index in [2.05, 4.69) is 4.90 Å². The van der Waals surface area contributed by atoms with Crippen LogP contribution in [-0.4, -0.2) is 71.6 Å². The molecule has 3 aliphatic rings. The van der Waals surface area contributed by atoms with Crippen LogP contribution in [0.4, 0.5) is 8.78 Å². The van der Waals surface area contributed by atoms with Crippen molar-refractivity contribution in [2.45, 2.75) is 43.6 Å². The maximum Gasteiger partial charge on any atom is 0.256 e. The van der Waals surface area contributed by atoms with Crippen molar-refractivity contribution in [1.29, 1.82) is 0 Å². The van der Waals surface area contributed by atoms with Crippen molar-refractivity contribution in [3.8, 4) is 0 Å². The number of rotatable bonds is 4. The van der Waals surface area contributed by atoms with Gasteiger partial charge in [-0.3, -0.25) is 9.69 Å². The van der Waals surface area contributed by atoms with Crippen LogP contribution in [0.25, 0.3) is 0 Å². The molecule has 3 heterocycles. The Morgan fingerprint density at radius 3 is 2.43 bits per heavy atom. The fourth-order valence-electron chi connectivity index (χ4n) is 4.43. The monoisotopic (exact) mass is 396 g/mol. The number of likely N-dealkylation sites (tertiary alicyclic amines) is 2. The smallest absolute Gasteiger partial charge is 0.256 e. The molecule has 8 heteroatoms. The predicted molar refractivity (Wildman–Crippen MR) is 96.3 cm³/mol. The summed E-state index contributed by atoms with van der Waals surface area (Å²) in [6, 6.07) is 3.62. The van der Waals surface area contributed by atoms with Crippen molar-refractivity contribution in [1.82, 2.24) is 9.80 Å². The van der Waals surface area contributed by atoms with E-state index in [1.807, 2.05) is 0 Å². The zero-order valence-corrected chi connectivity index (χ0v) is 15.8. The van der Waals surface area contributed by atoms with Crippen LogP contribution in [0.5, 0.6) is 0 Å². The lowest BCUT2D eigenvalue weighted by Gasteiger charge is -2.43. The van der Waals surface area contributed by atoms with Crippen LogP contribution in [0.3, 0.4) is 0 Å². The summed E-state index contributed by atoms with van der Waals surface area (Å²) in [6.07, 6.45) is 2.50. The second-order valence-electron chi connectivity index (χ2n) is 7.99. The fraction of sp³-hybridized carbons (Fsp3) is 0.650. The predicted octanol–water partition coefficient (Wildman–Crippen LogP) is 1.66. The first-order valence-corrected chi connectivity index (χ1v) is 9.85. The summed E-state index contributed by atoms with van der Waals surface area (Å²) in [6.45, 7) is 3.52. The molecule has 28 heavy (non-hydrogen) atoms. The number of amides is 1. The van der Waals surface area contributed by atoms with Gasteiger partial charge in [-0.2, -0.15) is 0 Å². The van der Waals surface area contributed by atoms with Gasteiger partial charge < -0.3 is 19.5 Å². The molecule has 0 bridgehead atoms. The first-order valence-electron chi connectivity index (χ1n) is 9.85. The van der Waals surface area contributed by atoms with Gasteiger partial charge in [-0.1, -0.05) is 6.07 Å². The quantitative estimate of drug-likeness (QED) is 0.839. The summed E-state index contributed by atoms with van der Waals surface area (Å²) in [5, 5.41) is 11.1. The molecule has 0 aromatic heterocycles. The summed E-state index contributed by atoms with van der Waals surface area (Å²) in [5.41, 5.74) is -0.953. The highest BCUT2D eigenvalue weighted by atomic mass is 19.2. The summed E-state index contributed by atoms with van der Waals surface area (Å²) < 4.78 is 38.0. The highest BCUT2D eigenvalue weighted by Gasteiger charge is 2.46. The van der Waals surface area contributed by atoms with Crippen LogP contribution >= 0.6 is 0 Å². The second kappa shape index (κ2) is 7.67. The standard InChI is InChI=1S/C20H26F2N2O4/c21-16-3-2-15(12-17(16)22)13-24-7-1-4-19(26,18(24)25)14-23-8-5-20(6-9-23)27-10-11-28-20/h2-3,12,26H,1,4-11,13-14H2/t19-/m0/s1. The third kappa shape index (κ3) is 3.91. The molecule has 1 aromatic rings. The summed E-state index contributed by atoms with van der Waals surface area (Å²) in [4.78, 5) is 16.6. The Morgan fingerprint density at radius 1 is 1.04 bits per heavy atom. The number of β-amino-alcohol motifs (C(OH)–C–C–N with tert-alkyl or cyclic N) is 1. The van der Waals surface area contributed by atoms with E-state index in [1.165, 1.54) is 11.0 Å². The number of piperidine rings is 2. The van der Waals surface area contributed by atoms with E-state index in [0.717, 1.165) is 25.0 Å². The van der Waals surface area contributed by atoms with E-state index in [4.69, 9.17) is 9.47 Å². The van der Waals surface area contributed by atoms with Crippen molar-refractivity contribution in [2.24, 2.45) is 0 Å². The Hall–Kier alpha value is -1.61. The first kappa shape index (κ1) is 19.7. The first-order chi connectivity index (χ1) is 13.4. The maximum atomic E-state index is 13.5. The molecule has 1 amide bonds. The van der Waals surface area contributed by atoms with Gasteiger partial charge in [-0.25, -0.2) is 8.78 Å². The van der Waals surface area contributed by atoms with Gasteiger partial charge in [0.15, 0.2) is 23.0 Å². The lowest BCUT2D eigenvalue weighted by atomic mass is 9.89. The topological polar surface area (TPSA) is 62.2 Å². The molecule has 1 atom stereocenters. The van der Waals surface area contributed by atoms with Gasteiger partial charge in [0.1, 0.15) is 0 Å². The minimum Gasteiger partial charge on any atom is -0.379 e. The molecule has 1 aromatic carbocycles. The number of aliphatic hydroxyl groups is 1. The molecule has 3 aliphatic heterocycles. The van der Waals surface area contributed by atoms with Crippen molar-refractivity contribution < 1.29 is 28.2 Å². The second-order valence-corrected chi connectivity index (χ2v) is 7.99. The molecular weight excluding hydrogens is 370 g/mol. The van der Waals surface area contributed by atoms with E-state index in [-0.39, 0.29) is 19.0 Å². The molecule has 0 aliphatic carbocycles. The van der Waals surface area contributed by atoms with Crippen LogP contribution in [-0.2, 0) is 20.8 Å². The van der Waals surface area contributed by atoms with Gasteiger partial charge in [-0.15, -0.1) is 0 Å². The lowest BCUT2D eigenvalue weighted by molar-refractivity contribution is -0.191. The number of hydrogen-bond donors (Lipinski definition) is 1. The van der Waals surface area contributed by atoms with Gasteiger partial charge in [0.05, 0.1) is 13.2 Å². The average molecular weight is 396 g/mol. The minimum atomic E-state index is -1.46. The number of ether oxygens (including phenoxy) is 2. The molecule has 0 saturated carbocycles. The van der Waals surface area contributed by atoms with Crippen molar-refractivity contribution >= 4 is 5.91 Å². The molecule has 6 nitrogen and oxygen atoms in total. The van der Waals surface area contributed by atoms with Crippen LogP contribution in [0, 0.1) is 11.6 Å². The Labute approximate surface area is 163 Å². The zero-order chi connectivity index (χ0) is 19.8. The highest BCUT2D eigenvalue weighted by molar-refractivity contribution is 5.86. The Morgan fingerprint density at radius 2 is 1.75 bits per heavy atom. The Bertz CT molecular complexity index is 731. The van der Waals surface area contributed by atoms with E-state index < -0.39 is 23.0 Å². The molecule has 3 fully saturated rings. The fourth-order valence-corrected chi connectivity index (χ4v) is 4.43. The van der Waals surface area contributed by atoms with Crippen LogP contribution < -0.4 is 0 Å². The molecule has 1 spiro atoms. The van der Waals surface area contributed by atoms with E-state index in [9.17, 15) is 18.7 Å². The molecule has 1 N–H and O–H groups in total. The third-order valence-electron chi connectivity index (χ3n) is 5.98. The lowest BCUT2D eigenvalue weighted by Crippen LogP contribution is -2.59. The van der Waals surface area contributed by atoms with Crippen molar-refractivity contribution in [3.05, 3.63) is 35.4 Å². The number of halogens is 2. The van der Waals surface area contributed by atoms with E-state index in [1.54, 1.807) is 0 Å². The van der Waals surface area contributed by atoms with Crippen LogP contribution in [0.2, 0.25) is 0 Å². The molecular formula is C20H26F2N2O4. The van der Waals surface area contributed by atoms with Gasteiger partial charge in [0.2, 0.25) is 0 Å². The number of carbonyl (C=O) groups excluding carboxylic acids is 1. The summed E-state index contributed by atoms with van der Waals surface area (Å²) >= 11 is 0. The highest BCUT2D eigenvalue weighted by Crippen LogP contribution is 2.33. The van der Waals surface area contributed by atoms with Gasteiger partial charge >= 0.3 is 0 Å². The maximum absolute atomic E-state index is 13.5. The number of benzene rings is 1. The van der Waals surface area contributed by atoms with Crippen molar-refractivity contribution in [3.63, 3.8) is 0 Å². The van der Waals surface area contributed by atoms with Crippen molar-refractivity contribution in [2.75, 3.05) is 39.4 Å². The molecule has 0 unspecified atom stereocenters. The van der Waals surface area contributed by atoms with E-state index >= 15 is 0 Å². The summed E-state index contributed by atoms with van der Waals surface area (Å²) in [7, 11) is 0. The Balaban J connectivity index is 1.38. The number of nitrogens with zero attached hydrogens (tertiary/aromatic N) is 2. The van der Waals surface area contributed by atoms with E-state index in [0.29, 0.717) is 51.3 Å². The van der Waals surface area contributed by atoms with Crippen LogP contribution in [0.1, 0.15) is 31.2 Å². The zero-order valence-electron chi connectivity index (χ0n) is 15.8. The van der Waals surface area contributed by atoms with Gasteiger partial charge in [-0.05, 0) is 30.5 Å². The average Bonchev–Trinajstić information content (AvgIpc) is 3.13. The normalized spacial score (nSPS) is 28.2. The molecule has 4 rings (SSSR count). The molecule has 0 radical (unpaired) electrons. The third-order valence-corrected chi connectivity index (χ3v) is 5.98. The number of carbonyl (C=O) groups is 1. The number of hydrogen-bond acceptors (Lipinski definition) is 5. The molecule has 3 saturated heterocycles. The largest absolute Gasteiger partial charge is 0.379 e. The minimum absolute atomic E-state index is 0.156. The molecule has 154 valence electrons. The van der Waals surface area contributed by atoms with Gasteiger partial charge in [0.25, 0.3) is 5.91 Å². The van der Waals surface area contributed by atoms with Crippen LogP contribution in [0.15, 0.2) is 18.2 Å². The van der Waals surface area contributed by atoms with Gasteiger partial charge in [0, 0.05) is 45.6 Å².